The lowest BCUT2D eigenvalue weighted by Gasteiger charge is -2.28. The quantitative estimate of drug-likeness (QED) is 0.433. The summed E-state index contributed by atoms with van der Waals surface area (Å²) in [5, 5.41) is 15.6. The van der Waals surface area contributed by atoms with Crippen LogP contribution in [0.15, 0.2) is 67.0 Å². The number of fused-ring (bicyclic) bond motifs is 1. The van der Waals surface area contributed by atoms with Crippen LogP contribution in [-0.2, 0) is 16.0 Å². The van der Waals surface area contributed by atoms with Crippen LogP contribution in [0.2, 0.25) is 0 Å². The van der Waals surface area contributed by atoms with Crippen molar-refractivity contribution in [2.24, 2.45) is 0 Å². The standard InChI is InChI=1S/C24H24N6O2/c31-24(13-17-15-25-22-4-2-1-3-21(17)22)28-19-7-5-18(6-8-19)27-23-14-20(16-26-29-23)30-9-11-32-12-10-30/h1-8,14-16,25H,9-13H2,(H,27,29)(H,28,31). The van der Waals surface area contributed by atoms with Gasteiger partial charge in [0.25, 0.3) is 0 Å². The van der Waals surface area contributed by atoms with E-state index in [0.29, 0.717) is 12.2 Å². The summed E-state index contributed by atoms with van der Waals surface area (Å²) >= 11 is 0. The average molecular weight is 428 g/mol. The van der Waals surface area contributed by atoms with Crippen molar-refractivity contribution in [1.82, 2.24) is 15.2 Å². The molecular formula is C24H24N6O2. The third-order valence-corrected chi connectivity index (χ3v) is 5.48. The van der Waals surface area contributed by atoms with E-state index in [4.69, 9.17) is 4.74 Å². The molecule has 1 fully saturated rings. The molecule has 0 spiro atoms. The number of amides is 1. The normalized spacial score (nSPS) is 13.8. The van der Waals surface area contributed by atoms with Crippen LogP contribution < -0.4 is 15.5 Å². The van der Waals surface area contributed by atoms with Gasteiger partial charge in [-0.25, -0.2) is 0 Å². The van der Waals surface area contributed by atoms with Gasteiger partial charge in [0.2, 0.25) is 5.91 Å². The third-order valence-electron chi connectivity index (χ3n) is 5.48. The number of rotatable bonds is 6. The fraction of sp³-hybridized carbons (Fsp3) is 0.208. The molecule has 0 atom stereocenters. The van der Waals surface area contributed by atoms with E-state index in [9.17, 15) is 4.79 Å². The lowest BCUT2D eigenvalue weighted by molar-refractivity contribution is -0.115. The van der Waals surface area contributed by atoms with Crippen LogP contribution in [-0.4, -0.2) is 47.4 Å². The topological polar surface area (TPSA) is 95.2 Å². The number of H-pyrrole nitrogens is 1. The highest BCUT2D eigenvalue weighted by molar-refractivity contribution is 5.95. The zero-order valence-corrected chi connectivity index (χ0v) is 17.5. The number of carbonyl (C=O) groups excluding carboxylic acids is 1. The highest BCUT2D eigenvalue weighted by Gasteiger charge is 2.13. The average Bonchev–Trinajstić information content (AvgIpc) is 3.24. The Morgan fingerprint density at radius 1 is 1.06 bits per heavy atom. The summed E-state index contributed by atoms with van der Waals surface area (Å²) in [5.74, 6) is 0.615. The van der Waals surface area contributed by atoms with Crippen LogP contribution in [0.5, 0.6) is 0 Å². The molecule has 2 aromatic heterocycles. The van der Waals surface area contributed by atoms with Gasteiger partial charge in [-0.15, -0.1) is 5.10 Å². The lowest BCUT2D eigenvalue weighted by Crippen LogP contribution is -2.36. The molecule has 1 amide bonds. The van der Waals surface area contributed by atoms with Crippen molar-refractivity contribution in [2.45, 2.75) is 6.42 Å². The first kappa shape index (κ1) is 20.0. The van der Waals surface area contributed by atoms with Crippen LogP contribution in [0.1, 0.15) is 5.56 Å². The Kier molecular flexibility index (Phi) is 5.67. The number of para-hydroxylation sites is 1. The van der Waals surface area contributed by atoms with Gasteiger partial charge < -0.3 is 25.3 Å². The Balaban J connectivity index is 1.20. The maximum absolute atomic E-state index is 12.5. The number of carbonyl (C=O) groups is 1. The summed E-state index contributed by atoms with van der Waals surface area (Å²) in [5.41, 5.74) is 4.65. The van der Waals surface area contributed by atoms with E-state index in [1.54, 1.807) is 6.20 Å². The van der Waals surface area contributed by atoms with Gasteiger partial charge in [0.15, 0.2) is 5.82 Å². The van der Waals surface area contributed by atoms with Crippen LogP contribution >= 0.6 is 0 Å². The van der Waals surface area contributed by atoms with Gasteiger partial charge in [-0.2, -0.15) is 5.10 Å². The number of anilines is 4. The highest BCUT2D eigenvalue weighted by Crippen LogP contribution is 2.22. The first-order valence-corrected chi connectivity index (χ1v) is 10.6. The molecule has 162 valence electrons. The summed E-state index contributed by atoms with van der Waals surface area (Å²) < 4.78 is 5.41. The van der Waals surface area contributed by atoms with Gasteiger partial charge >= 0.3 is 0 Å². The molecule has 3 heterocycles. The van der Waals surface area contributed by atoms with Crippen LogP contribution in [0.3, 0.4) is 0 Å². The molecular weight excluding hydrogens is 404 g/mol. The number of aromatic amines is 1. The minimum absolute atomic E-state index is 0.0560. The molecule has 0 saturated carbocycles. The van der Waals surface area contributed by atoms with Crippen molar-refractivity contribution >= 4 is 39.7 Å². The van der Waals surface area contributed by atoms with Gasteiger partial charge in [-0.05, 0) is 35.9 Å². The van der Waals surface area contributed by atoms with Crippen molar-refractivity contribution in [3.8, 4) is 0 Å². The molecule has 1 saturated heterocycles. The van der Waals surface area contributed by atoms with E-state index >= 15 is 0 Å². The van der Waals surface area contributed by atoms with Crippen LogP contribution in [0, 0.1) is 0 Å². The van der Waals surface area contributed by atoms with E-state index in [1.165, 1.54) is 0 Å². The Hall–Kier alpha value is -3.91. The number of morpholine rings is 1. The maximum atomic E-state index is 12.5. The van der Waals surface area contributed by atoms with E-state index in [0.717, 1.165) is 59.8 Å². The first-order chi connectivity index (χ1) is 15.7. The fourth-order valence-corrected chi connectivity index (χ4v) is 3.85. The summed E-state index contributed by atoms with van der Waals surface area (Å²) in [4.78, 5) is 18.0. The molecule has 2 aromatic carbocycles. The molecule has 8 nitrogen and oxygen atoms in total. The van der Waals surface area contributed by atoms with Gasteiger partial charge in [-0.1, -0.05) is 18.2 Å². The monoisotopic (exact) mass is 428 g/mol. The molecule has 1 aliphatic rings. The zero-order chi connectivity index (χ0) is 21.8. The van der Waals surface area contributed by atoms with Gasteiger partial charge in [0.1, 0.15) is 0 Å². The maximum Gasteiger partial charge on any atom is 0.228 e. The SMILES string of the molecule is O=C(Cc1c[nH]c2ccccc12)Nc1ccc(Nc2cc(N3CCOCC3)cnn2)cc1. The predicted molar refractivity (Wildman–Crippen MR) is 125 cm³/mol. The number of ether oxygens (including phenoxy) is 1. The van der Waals surface area contributed by atoms with Crippen molar-refractivity contribution in [2.75, 3.05) is 41.8 Å². The Bertz CT molecular complexity index is 1210. The molecule has 5 rings (SSSR count). The molecule has 0 bridgehead atoms. The largest absolute Gasteiger partial charge is 0.378 e. The highest BCUT2D eigenvalue weighted by atomic mass is 16.5. The molecule has 0 radical (unpaired) electrons. The van der Waals surface area contributed by atoms with Gasteiger partial charge in [0.05, 0.1) is 31.5 Å². The first-order valence-electron chi connectivity index (χ1n) is 10.6. The number of hydrogen-bond acceptors (Lipinski definition) is 6. The molecule has 0 unspecified atom stereocenters. The van der Waals surface area contributed by atoms with Gasteiger partial charge in [0, 0.05) is 47.6 Å². The van der Waals surface area contributed by atoms with Crippen molar-refractivity contribution < 1.29 is 9.53 Å². The Morgan fingerprint density at radius 2 is 1.84 bits per heavy atom. The van der Waals surface area contributed by atoms with E-state index in [2.05, 4.69) is 30.7 Å². The zero-order valence-electron chi connectivity index (χ0n) is 17.5. The Morgan fingerprint density at radius 3 is 2.69 bits per heavy atom. The molecule has 1 aliphatic heterocycles. The van der Waals surface area contributed by atoms with Crippen molar-refractivity contribution in [1.29, 1.82) is 0 Å². The molecule has 3 N–H and O–H groups in total. The number of benzene rings is 2. The van der Waals surface area contributed by atoms with Crippen molar-refractivity contribution in [3.05, 3.63) is 72.6 Å². The molecule has 8 heteroatoms. The lowest BCUT2D eigenvalue weighted by atomic mass is 10.1. The predicted octanol–water partition coefficient (Wildman–Crippen LogP) is 3.72. The molecule has 0 aliphatic carbocycles. The van der Waals surface area contributed by atoms with E-state index in [1.807, 2.05) is 60.8 Å². The minimum Gasteiger partial charge on any atom is -0.378 e. The minimum atomic E-state index is -0.0560. The summed E-state index contributed by atoms with van der Waals surface area (Å²) in [7, 11) is 0. The summed E-state index contributed by atoms with van der Waals surface area (Å²) in [6.07, 6.45) is 3.97. The van der Waals surface area contributed by atoms with E-state index < -0.39 is 0 Å². The number of nitrogens with one attached hydrogen (secondary N) is 3. The van der Waals surface area contributed by atoms with Crippen molar-refractivity contribution in [3.63, 3.8) is 0 Å². The third kappa shape index (κ3) is 4.55. The summed E-state index contributed by atoms with van der Waals surface area (Å²) in [6, 6.07) is 17.5. The van der Waals surface area contributed by atoms with Crippen LogP contribution in [0.4, 0.5) is 22.9 Å². The second kappa shape index (κ2) is 9.07. The fourth-order valence-electron chi connectivity index (χ4n) is 3.85. The number of aromatic nitrogens is 3. The van der Waals surface area contributed by atoms with E-state index in [-0.39, 0.29) is 5.91 Å². The second-order valence-electron chi connectivity index (χ2n) is 7.69. The van der Waals surface area contributed by atoms with Gasteiger partial charge in [-0.3, -0.25) is 4.79 Å². The van der Waals surface area contributed by atoms with Crippen LogP contribution in [0.25, 0.3) is 10.9 Å². The molecule has 4 aromatic rings. The number of hydrogen-bond donors (Lipinski definition) is 3. The summed E-state index contributed by atoms with van der Waals surface area (Å²) in [6.45, 7) is 3.13. The smallest absolute Gasteiger partial charge is 0.228 e. The molecule has 32 heavy (non-hydrogen) atoms. The second-order valence-corrected chi connectivity index (χ2v) is 7.69. The number of nitrogens with zero attached hydrogens (tertiary/aromatic N) is 3. The Labute approximate surface area is 185 Å².